The van der Waals surface area contributed by atoms with Crippen LogP contribution in [0.2, 0.25) is 5.02 Å². The second-order valence-electron chi connectivity index (χ2n) is 4.35. The summed E-state index contributed by atoms with van der Waals surface area (Å²) < 4.78 is 0. The van der Waals surface area contributed by atoms with Crippen molar-refractivity contribution in [2.45, 2.75) is 6.92 Å². The van der Waals surface area contributed by atoms with Crippen molar-refractivity contribution in [3.05, 3.63) is 59.1 Å². The molecule has 2 rings (SSSR count). The molecule has 0 aliphatic carbocycles. The van der Waals surface area contributed by atoms with Crippen molar-refractivity contribution in [1.29, 1.82) is 0 Å². The summed E-state index contributed by atoms with van der Waals surface area (Å²) in [5, 5.41) is 17.9. The fourth-order valence-electron chi connectivity index (χ4n) is 1.71. The Balaban J connectivity index is 2.04. The van der Waals surface area contributed by atoms with Crippen LogP contribution in [0.3, 0.4) is 0 Å². The Bertz CT molecular complexity index is 669. The molecular weight excluding hydrogens is 290 g/mol. The van der Waals surface area contributed by atoms with Crippen LogP contribution in [0.5, 0.6) is 0 Å². The van der Waals surface area contributed by atoms with Gasteiger partial charge in [0.15, 0.2) is 0 Å². The Hall–Kier alpha value is -2.53. The van der Waals surface area contributed by atoms with Gasteiger partial charge in [-0.2, -0.15) is 0 Å². The topological polar surface area (TPSA) is 73.7 Å². The molecule has 0 spiro atoms. The monoisotopic (exact) mass is 303 g/mol. The summed E-state index contributed by atoms with van der Waals surface area (Å²) in [6.45, 7) is 1.67. The van der Waals surface area contributed by atoms with E-state index in [2.05, 4.69) is 15.8 Å². The molecule has 0 bridgehead atoms. The zero-order valence-corrected chi connectivity index (χ0v) is 12.1. The number of halogens is 1. The Labute approximate surface area is 127 Å². The largest absolute Gasteiger partial charge is 0.411 e. The van der Waals surface area contributed by atoms with Crippen molar-refractivity contribution in [1.82, 2.24) is 0 Å². The van der Waals surface area contributed by atoms with Gasteiger partial charge in [0.25, 0.3) is 0 Å². The SMILES string of the molecule is C/C(=N\O)c1cccc(NC(=O)Nc2ccc(Cl)cc2)c1. The van der Waals surface area contributed by atoms with Gasteiger partial charge < -0.3 is 15.8 Å². The first-order chi connectivity index (χ1) is 10.1. The van der Waals surface area contributed by atoms with Crippen LogP contribution in [0.25, 0.3) is 0 Å². The molecule has 0 saturated carbocycles. The number of urea groups is 1. The number of nitrogens with one attached hydrogen (secondary N) is 2. The molecule has 2 amide bonds. The minimum atomic E-state index is -0.368. The van der Waals surface area contributed by atoms with E-state index in [0.717, 1.165) is 5.56 Å². The number of hydrogen-bond donors (Lipinski definition) is 3. The maximum Gasteiger partial charge on any atom is 0.323 e. The zero-order valence-electron chi connectivity index (χ0n) is 11.3. The highest BCUT2D eigenvalue weighted by Crippen LogP contribution is 2.15. The Morgan fingerprint density at radius 3 is 2.43 bits per heavy atom. The zero-order chi connectivity index (χ0) is 15.2. The van der Waals surface area contributed by atoms with E-state index in [-0.39, 0.29) is 6.03 Å². The van der Waals surface area contributed by atoms with Gasteiger partial charge >= 0.3 is 6.03 Å². The van der Waals surface area contributed by atoms with Gasteiger partial charge in [-0.05, 0) is 43.3 Å². The molecular formula is C15H14ClN3O2. The van der Waals surface area contributed by atoms with Crippen LogP contribution in [-0.4, -0.2) is 17.0 Å². The average Bonchev–Trinajstić information content (AvgIpc) is 2.49. The van der Waals surface area contributed by atoms with Crippen LogP contribution in [-0.2, 0) is 0 Å². The van der Waals surface area contributed by atoms with Crippen molar-refractivity contribution < 1.29 is 10.0 Å². The first-order valence-corrected chi connectivity index (χ1v) is 6.59. The van der Waals surface area contributed by atoms with Crippen molar-refractivity contribution in [2.24, 2.45) is 5.16 Å². The summed E-state index contributed by atoms with van der Waals surface area (Å²) >= 11 is 5.78. The quantitative estimate of drug-likeness (QED) is 0.452. The Morgan fingerprint density at radius 2 is 1.76 bits per heavy atom. The Morgan fingerprint density at radius 1 is 1.10 bits per heavy atom. The summed E-state index contributed by atoms with van der Waals surface area (Å²) in [6.07, 6.45) is 0. The normalized spacial score (nSPS) is 11.0. The number of rotatable bonds is 3. The van der Waals surface area contributed by atoms with Gasteiger partial charge in [0.1, 0.15) is 0 Å². The van der Waals surface area contributed by atoms with Gasteiger partial charge in [-0.3, -0.25) is 0 Å². The lowest BCUT2D eigenvalue weighted by Gasteiger charge is -2.09. The van der Waals surface area contributed by atoms with E-state index in [1.807, 2.05) is 0 Å². The third-order valence-electron chi connectivity index (χ3n) is 2.79. The smallest absolute Gasteiger partial charge is 0.323 e. The minimum absolute atomic E-state index is 0.368. The van der Waals surface area contributed by atoms with Gasteiger partial charge in [0.05, 0.1) is 5.71 Å². The third-order valence-corrected chi connectivity index (χ3v) is 3.04. The van der Waals surface area contributed by atoms with E-state index in [0.29, 0.717) is 22.1 Å². The molecule has 0 aliphatic rings. The van der Waals surface area contributed by atoms with Crippen molar-refractivity contribution >= 4 is 34.7 Å². The van der Waals surface area contributed by atoms with Gasteiger partial charge in [-0.15, -0.1) is 0 Å². The third kappa shape index (κ3) is 4.22. The molecule has 2 aromatic rings. The standard InChI is InChI=1S/C15H14ClN3O2/c1-10(19-21)11-3-2-4-14(9-11)18-15(20)17-13-7-5-12(16)6-8-13/h2-9,21H,1H3,(H2,17,18,20)/b19-10+. The number of nitrogens with zero attached hydrogens (tertiary/aromatic N) is 1. The van der Waals surface area contributed by atoms with E-state index in [1.54, 1.807) is 55.5 Å². The van der Waals surface area contributed by atoms with E-state index in [9.17, 15) is 4.79 Å². The number of benzene rings is 2. The first kappa shape index (κ1) is 14.9. The van der Waals surface area contributed by atoms with Crippen molar-refractivity contribution in [3.8, 4) is 0 Å². The number of carbonyl (C=O) groups excluding carboxylic acids is 1. The molecule has 0 aromatic heterocycles. The molecule has 0 radical (unpaired) electrons. The van der Waals surface area contributed by atoms with Gasteiger partial charge in [0.2, 0.25) is 0 Å². The number of amides is 2. The van der Waals surface area contributed by atoms with E-state index >= 15 is 0 Å². The number of hydrogen-bond acceptors (Lipinski definition) is 3. The van der Waals surface area contributed by atoms with E-state index in [4.69, 9.17) is 16.8 Å². The lowest BCUT2D eigenvalue weighted by molar-refractivity contribution is 0.262. The van der Waals surface area contributed by atoms with Crippen LogP contribution in [0.4, 0.5) is 16.2 Å². The molecule has 6 heteroatoms. The molecule has 0 fully saturated rings. The summed E-state index contributed by atoms with van der Waals surface area (Å²) in [7, 11) is 0. The van der Waals surface area contributed by atoms with Crippen LogP contribution >= 0.6 is 11.6 Å². The van der Waals surface area contributed by atoms with Crippen molar-refractivity contribution in [2.75, 3.05) is 10.6 Å². The molecule has 21 heavy (non-hydrogen) atoms. The predicted molar refractivity (Wildman–Crippen MR) is 84.5 cm³/mol. The highest BCUT2D eigenvalue weighted by atomic mass is 35.5. The highest BCUT2D eigenvalue weighted by molar-refractivity contribution is 6.30. The molecule has 0 unspecified atom stereocenters. The van der Waals surface area contributed by atoms with Crippen LogP contribution in [0.1, 0.15) is 12.5 Å². The Kier molecular flexibility index (Phi) is 4.79. The van der Waals surface area contributed by atoms with E-state index < -0.39 is 0 Å². The molecule has 2 aromatic carbocycles. The molecule has 0 aliphatic heterocycles. The number of carbonyl (C=O) groups is 1. The van der Waals surface area contributed by atoms with Gasteiger partial charge in [-0.25, -0.2) is 4.79 Å². The fraction of sp³-hybridized carbons (Fsp3) is 0.0667. The summed E-state index contributed by atoms with van der Waals surface area (Å²) in [6, 6.07) is 13.5. The second kappa shape index (κ2) is 6.76. The van der Waals surface area contributed by atoms with Crippen molar-refractivity contribution in [3.63, 3.8) is 0 Å². The summed E-state index contributed by atoms with van der Waals surface area (Å²) in [4.78, 5) is 11.9. The summed E-state index contributed by atoms with van der Waals surface area (Å²) in [5.41, 5.74) is 2.43. The molecule has 0 heterocycles. The van der Waals surface area contributed by atoms with Gasteiger partial charge in [-0.1, -0.05) is 28.9 Å². The minimum Gasteiger partial charge on any atom is -0.411 e. The van der Waals surface area contributed by atoms with Crippen LogP contribution in [0, 0.1) is 0 Å². The predicted octanol–water partition coefficient (Wildman–Crippen LogP) is 4.18. The van der Waals surface area contributed by atoms with Crippen LogP contribution < -0.4 is 10.6 Å². The maximum atomic E-state index is 11.9. The van der Waals surface area contributed by atoms with E-state index in [1.165, 1.54) is 0 Å². The molecule has 0 atom stereocenters. The average molecular weight is 304 g/mol. The molecule has 5 nitrogen and oxygen atoms in total. The summed E-state index contributed by atoms with van der Waals surface area (Å²) in [5.74, 6) is 0. The number of anilines is 2. The lowest BCUT2D eigenvalue weighted by Crippen LogP contribution is -2.19. The molecule has 3 N–H and O–H groups in total. The van der Waals surface area contributed by atoms with Gasteiger partial charge in [0, 0.05) is 22.0 Å². The molecule has 0 saturated heterocycles. The highest BCUT2D eigenvalue weighted by Gasteiger charge is 2.04. The molecule has 108 valence electrons. The number of oxime groups is 1. The first-order valence-electron chi connectivity index (χ1n) is 6.21. The van der Waals surface area contributed by atoms with Crippen LogP contribution in [0.15, 0.2) is 53.7 Å². The fourth-order valence-corrected chi connectivity index (χ4v) is 1.83. The maximum absolute atomic E-state index is 11.9. The lowest BCUT2D eigenvalue weighted by atomic mass is 10.1. The second-order valence-corrected chi connectivity index (χ2v) is 4.79.